The molecule has 8 heteroatoms. The standard InChI is InChI=1S/C9H11F3N2O3/c1-2-6-3-14(8(16)13-7(6)15)5-17-4-9(10,11)12/h3H,2,4-5H2,1H3,(H,13,15,16). The van der Waals surface area contributed by atoms with Crippen LogP contribution in [0.15, 0.2) is 15.8 Å². The summed E-state index contributed by atoms with van der Waals surface area (Å²) >= 11 is 0. The highest BCUT2D eigenvalue weighted by Gasteiger charge is 2.27. The van der Waals surface area contributed by atoms with Crippen molar-refractivity contribution in [3.05, 3.63) is 32.6 Å². The number of nitrogens with zero attached hydrogens (tertiary/aromatic N) is 1. The Kier molecular flexibility index (Phi) is 4.11. The third-order valence-corrected chi connectivity index (χ3v) is 1.96. The number of aryl methyl sites for hydroxylation is 1. The van der Waals surface area contributed by atoms with E-state index >= 15 is 0 Å². The van der Waals surface area contributed by atoms with Crippen molar-refractivity contribution in [3.63, 3.8) is 0 Å². The first-order valence-electron chi connectivity index (χ1n) is 4.80. The molecule has 0 atom stereocenters. The zero-order valence-electron chi connectivity index (χ0n) is 9.00. The van der Waals surface area contributed by atoms with Gasteiger partial charge in [0, 0.05) is 11.8 Å². The maximum atomic E-state index is 11.8. The third-order valence-electron chi connectivity index (χ3n) is 1.96. The zero-order chi connectivity index (χ0) is 13.1. The lowest BCUT2D eigenvalue weighted by Crippen LogP contribution is -2.33. The van der Waals surface area contributed by atoms with E-state index in [1.54, 1.807) is 6.92 Å². The number of rotatable bonds is 4. The van der Waals surface area contributed by atoms with Gasteiger partial charge in [-0.05, 0) is 6.42 Å². The number of alkyl halides is 3. The summed E-state index contributed by atoms with van der Waals surface area (Å²) in [5.74, 6) is 0. The molecule has 0 saturated heterocycles. The van der Waals surface area contributed by atoms with Gasteiger partial charge in [-0.25, -0.2) is 4.79 Å². The third kappa shape index (κ3) is 4.06. The van der Waals surface area contributed by atoms with Gasteiger partial charge in [0.2, 0.25) is 0 Å². The topological polar surface area (TPSA) is 64.1 Å². The van der Waals surface area contributed by atoms with E-state index in [0.717, 1.165) is 4.57 Å². The van der Waals surface area contributed by atoms with Crippen molar-refractivity contribution in [2.24, 2.45) is 0 Å². The van der Waals surface area contributed by atoms with Crippen LogP contribution in [0.2, 0.25) is 0 Å². The molecule has 0 fully saturated rings. The zero-order valence-corrected chi connectivity index (χ0v) is 9.00. The Labute approximate surface area is 93.8 Å². The van der Waals surface area contributed by atoms with Gasteiger partial charge in [-0.1, -0.05) is 6.92 Å². The number of aromatic amines is 1. The van der Waals surface area contributed by atoms with Gasteiger partial charge in [0.05, 0.1) is 0 Å². The Morgan fingerprint density at radius 2 is 2.06 bits per heavy atom. The lowest BCUT2D eigenvalue weighted by Gasteiger charge is -2.09. The highest BCUT2D eigenvalue weighted by Crippen LogP contribution is 2.14. The smallest absolute Gasteiger partial charge is 0.351 e. The monoisotopic (exact) mass is 252 g/mol. The molecule has 1 N–H and O–H groups in total. The summed E-state index contributed by atoms with van der Waals surface area (Å²) in [6.45, 7) is -0.307. The molecule has 1 rings (SSSR count). The Bertz CT molecular complexity index is 489. The molecule has 5 nitrogen and oxygen atoms in total. The minimum absolute atomic E-state index is 0.306. The molecule has 0 aliphatic rings. The van der Waals surface area contributed by atoms with Gasteiger partial charge in [-0.3, -0.25) is 14.3 Å². The first-order valence-corrected chi connectivity index (χ1v) is 4.80. The maximum Gasteiger partial charge on any atom is 0.411 e. The number of hydrogen-bond donors (Lipinski definition) is 1. The van der Waals surface area contributed by atoms with Crippen molar-refractivity contribution in [1.29, 1.82) is 0 Å². The SMILES string of the molecule is CCc1cn(COCC(F)(F)F)c(=O)[nH]c1=O. The first kappa shape index (κ1) is 13.5. The second kappa shape index (κ2) is 5.17. The summed E-state index contributed by atoms with van der Waals surface area (Å²) in [5.41, 5.74) is -1.03. The first-order chi connectivity index (χ1) is 7.83. The minimum atomic E-state index is -4.45. The van der Waals surface area contributed by atoms with Crippen LogP contribution in [0.3, 0.4) is 0 Å². The quantitative estimate of drug-likeness (QED) is 0.855. The Morgan fingerprint density at radius 1 is 1.41 bits per heavy atom. The van der Waals surface area contributed by atoms with Crippen molar-refractivity contribution in [2.75, 3.05) is 6.61 Å². The normalized spacial score (nSPS) is 11.8. The molecule has 0 amide bonds. The molecule has 0 aliphatic carbocycles. The molecule has 1 aromatic heterocycles. The summed E-state index contributed by atoms with van der Waals surface area (Å²) in [4.78, 5) is 24.4. The van der Waals surface area contributed by atoms with Gasteiger partial charge < -0.3 is 4.74 Å². The number of ether oxygens (including phenoxy) is 1. The molecule has 0 aliphatic heterocycles. The number of aromatic nitrogens is 2. The van der Waals surface area contributed by atoms with Crippen molar-refractivity contribution in [3.8, 4) is 0 Å². The van der Waals surface area contributed by atoms with Crippen molar-refractivity contribution in [1.82, 2.24) is 9.55 Å². The Morgan fingerprint density at radius 3 is 2.59 bits per heavy atom. The molecular formula is C9H11F3N2O3. The van der Waals surface area contributed by atoms with E-state index in [4.69, 9.17) is 0 Å². The Balaban J connectivity index is 2.78. The molecule has 0 aromatic carbocycles. The van der Waals surface area contributed by atoms with Gasteiger partial charge in [0.25, 0.3) is 5.56 Å². The molecule has 0 unspecified atom stereocenters. The lowest BCUT2D eigenvalue weighted by molar-refractivity contribution is -0.182. The van der Waals surface area contributed by atoms with Gasteiger partial charge in [0.15, 0.2) is 0 Å². The van der Waals surface area contributed by atoms with E-state index in [0.29, 0.717) is 12.0 Å². The minimum Gasteiger partial charge on any atom is -0.351 e. The maximum absolute atomic E-state index is 11.8. The van der Waals surface area contributed by atoms with E-state index in [1.807, 2.05) is 4.98 Å². The van der Waals surface area contributed by atoms with Gasteiger partial charge in [-0.2, -0.15) is 13.2 Å². The molecule has 1 heterocycles. The van der Waals surface area contributed by atoms with Crippen LogP contribution in [0.1, 0.15) is 12.5 Å². The van der Waals surface area contributed by atoms with Crippen LogP contribution in [-0.2, 0) is 17.9 Å². The van der Waals surface area contributed by atoms with E-state index in [1.165, 1.54) is 6.20 Å². The number of nitrogens with one attached hydrogen (secondary N) is 1. The fraction of sp³-hybridized carbons (Fsp3) is 0.556. The van der Waals surface area contributed by atoms with Crippen molar-refractivity contribution in [2.45, 2.75) is 26.3 Å². The van der Waals surface area contributed by atoms with Crippen LogP contribution in [-0.4, -0.2) is 22.3 Å². The van der Waals surface area contributed by atoms with E-state index in [-0.39, 0.29) is 0 Å². The summed E-state index contributed by atoms with van der Waals surface area (Å²) < 4.78 is 40.6. The van der Waals surface area contributed by atoms with Gasteiger partial charge in [0.1, 0.15) is 13.3 Å². The molecule has 0 radical (unpaired) electrons. The Hall–Kier alpha value is -1.57. The molecule has 1 aromatic rings. The molecule has 0 saturated carbocycles. The molecule has 17 heavy (non-hydrogen) atoms. The van der Waals surface area contributed by atoms with Crippen LogP contribution < -0.4 is 11.2 Å². The predicted molar refractivity (Wildman–Crippen MR) is 52.7 cm³/mol. The van der Waals surface area contributed by atoms with Crippen LogP contribution in [0, 0.1) is 0 Å². The average Bonchev–Trinajstić information content (AvgIpc) is 2.19. The summed E-state index contributed by atoms with van der Waals surface area (Å²) in [6.07, 6.45) is -2.88. The fourth-order valence-corrected chi connectivity index (χ4v) is 1.16. The van der Waals surface area contributed by atoms with Crippen LogP contribution >= 0.6 is 0 Å². The van der Waals surface area contributed by atoms with Crippen molar-refractivity contribution >= 4 is 0 Å². The second-order valence-corrected chi connectivity index (χ2v) is 3.33. The summed E-state index contributed by atoms with van der Waals surface area (Å²) in [7, 11) is 0. The van der Waals surface area contributed by atoms with E-state index in [9.17, 15) is 22.8 Å². The van der Waals surface area contributed by atoms with Crippen molar-refractivity contribution < 1.29 is 17.9 Å². The average molecular weight is 252 g/mol. The van der Waals surface area contributed by atoms with E-state index in [2.05, 4.69) is 4.74 Å². The molecule has 96 valence electrons. The summed E-state index contributed by atoms with van der Waals surface area (Å²) in [5, 5.41) is 0. The highest BCUT2D eigenvalue weighted by atomic mass is 19.4. The predicted octanol–water partition coefficient (Wildman–Crippen LogP) is 0.635. The largest absolute Gasteiger partial charge is 0.411 e. The van der Waals surface area contributed by atoms with Gasteiger partial charge in [-0.15, -0.1) is 0 Å². The fourth-order valence-electron chi connectivity index (χ4n) is 1.16. The lowest BCUT2D eigenvalue weighted by atomic mass is 10.3. The number of H-pyrrole nitrogens is 1. The van der Waals surface area contributed by atoms with Crippen LogP contribution in [0.4, 0.5) is 13.2 Å². The van der Waals surface area contributed by atoms with Crippen LogP contribution in [0.25, 0.3) is 0 Å². The second-order valence-electron chi connectivity index (χ2n) is 3.33. The summed E-state index contributed by atoms with van der Waals surface area (Å²) in [6, 6.07) is 0. The highest BCUT2D eigenvalue weighted by molar-refractivity contribution is 5.03. The van der Waals surface area contributed by atoms with Crippen LogP contribution in [0.5, 0.6) is 0 Å². The van der Waals surface area contributed by atoms with E-state index < -0.39 is 30.8 Å². The molecule has 0 bridgehead atoms. The number of hydrogen-bond acceptors (Lipinski definition) is 3. The van der Waals surface area contributed by atoms with Gasteiger partial charge >= 0.3 is 11.9 Å². The molecule has 0 spiro atoms. The molecular weight excluding hydrogens is 241 g/mol. The number of halogens is 3.